The Kier molecular flexibility index (Phi) is 4.28. The molecule has 142 valence electrons. The van der Waals surface area contributed by atoms with E-state index in [9.17, 15) is 9.59 Å². The molecule has 1 aromatic rings. The maximum absolute atomic E-state index is 12.6. The molecule has 1 unspecified atom stereocenters. The first-order valence-corrected chi connectivity index (χ1v) is 9.44. The lowest BCUT2D eigenvalue weighted by molar-refractivity contribution is 0.0453. The van der Waals surface area contributed by atoms with Gasteiger partial charge in [-0.15, -0.1) is 0 Å². The lowest BCUT2D eigenvalue weighted by atomic mass is 9.95. The monoisotopic (exact) mass is 361 g/mol. The highest BCUT2D eigenvalue weighted by Gasteiger charge is 2.46. The van der Waals surface area contributed by atoms with Crippen molar-refractivity contribution in [3.8, 4) is 0 Å². The quantitative estimate of drug-likeness (QED) is 0.885. The zero-order valence-corrected chi connectivity index (χ0v) is 15.3. The average Bonchev–Trinajstić information content (AvgIpc) is 3.14. The maximum atomic E-state index is 12.6. The van der Waals surface area contributed by atoms with Crippen LogP contribution in [0.25, 0.3) is 0 Å². The number of likely N-dealkylation sites (tertiary alicyclic amines) is 1. The number of hydrogen-bond acceptors (Lipinski definition) is 4. The summed E-state index contributed by atoms with van der Waals surface area (Å²) in [4.78, 5) is 27.9. The van der Waals surface area contributed by atoms with Gasteiger partial charge in [0.1, 0.15) is 5.60 Å². The Hall–Kier alpha value is -2.25. The molecule has 1 aliphatic carbocycles. The largest absolute Gasteiger partial charge is 0.441 e. The van der Waals surface area contributed by atoms with E-state index < -0.39 is 5.60 Å². The van der Waals surface area contributed by atoms with Crippen LogP contribution in [0.15, 0.2) is 18.5 Å². The van der Waals surface area contributed by atoms with Crippen molar-refractivity contribution in [2.24, 2.45) is 5.41 Å². The van der Waals surface area contributed by atoms with E-state index in [1.807, 2.05) is 21.8 Å². The van der Waals surface area contributed by atoms with Crippen molar-refractivity contribution in [1.82, 2.24) is 24.9 Å². The number of carbonyl (C=O) groups excluding carboxylic acids is 2. The minimum Gasteiger partial charge on any atom is -0.441 e. The second-order valence-corrected chi connectivity index (χ2v) is 8.11. The van der Waals surface area contributed by atoms with E-state index >= 15 is 0 Å². The van der Waals surface area contributed by atoms with Gasteiger partial charge in [-0.1, -0.05) is 0 Å². The summed E-state index contributed by atoms with van der Waals surface area (Å²) >= 11 is 0. The van der Waals surface area contributed by atoms with Gasteiger partial charge in [-0.3, -0.25) is 4.68 Å². The number of likely N-dealkylation sites (N-methyl/N-ethyl adjacent to an activating group) is 1. The summed E-state index contributed by atoms with van der Waals surface area (Å²) in [5.74, 6) is 0. The molecule has 1 spiro atoms. The molecule has 8 nitrogen and oxygen atoms in total. The zero-order valence-electron chi connectivity index (χ0n) is 15.3. The first kappa shape index (κ1) is 17.2. The van der Waals surface area contributed by atoms with E-state index in [4.69, 9.17) is 4.74 Å². The summed E-state index contributed by atoms with van der Waals surface area (Å²) in [6.45, 7) is 3.49. The molecule has 1 aromatic heterocycles. The highest BCUT2D eigenvalue weighted by Crippen LogP contribution is 2.46. The molecule has 1 atom stereocenters. The number of ether oxygens (including phenoxy) is 1. The van der Waals surface area contributed by atoms with Crippen LogP contribution in [0.4, 0.5) is 9.59 Å². The standard InChI is InChI=1S/C18H27N5O3/c1-21-14-18(26-16(21)25)4-2-9-22(11-7-18)15(24)19-12-17(5-6-17)13-23-10-3-8-20-23/h3,8,10H,2,4-7,9,11-14H2,1H3,(H,19,24). The minimum absolute atomic E-state index is 0.00790. The van der Waals surface area contributed by atoms with E-state index in [0.29, 0.717) is 32.6 Å². The molecule has 1 N–H and O–H groups in total. The Morgan fingerprint density at radius 2 is 2.15 bits per heavy atom. The first-order valence-electron chi connectivity index (χ1n) is 9.44. The van der Waals surface area contributed by atoms with Gasteiger partial charge < -0.3 is 19.9 Å². The van der Waals surface area contributed by atoms with Crippen LogP contribution >= 0.6 is 0 Å². The number of aromatic nitrogens is 2. The topological polar surface area (TPSA) is 79.7 Å². The molecule has 4 rings (SSSR count). The van der Waals surface area contributed by atoms with Gasteiger partial charge >= 0.3 is 12.1 Å². The molecular weight excluding hydrogens is 334 g/mol. The molecule has 26 heavy (non-hydrogen) atoms. The van der Waals surface area contributed by atoms with E-state index in [2.05, 4.69) is 10.4 Å². The van der Waals surface area contributed by atoms with E-state index in [0.717, 1.165) is 32.2 Å². The second-order valence-electron chi connectivity index (χ2n) is 8.11. The molecular formula is C18H27N5O3. The molecule has 2 aliphatic heterocycles. The van der Waals surface area contributed by atoms with Gasteiger partial charge in [0.05, 0.1) is 6.54 Å². The fraction of sp³-hybridized carbons (Fsp3) is 0.722. The van der Waals surface area contributed by atoms with Gasteiger partial charge in [0, 0.05) is 57.5 Å². The van der Waals surface area contributed by atoms with Crippen molar-refractivity contribution in [3.05, 3.63) is 18.5 Å². The first-order chi connectivity index (χ1) is 12.5. The van der Waals surface area contributed by atoms with Crippen LogP contribution in [0, 0.1) is 5.41 Å². The molecule has 8 heteroatoms. The molecule has 0 aromatic carbocycles. The van der Waals surface area contributed by atoms with Crippen molar-refractivity contribution < 1.29 is 14.3 Å². The second kappa shape index (κ2) is 6.48. The lowest BCUT2D eigenvalue weighted by Gasteiger charge is -2.26. The Morgan fingerprint density at radius 1 is 1.31 bits per heavy atom. The van der Waals surface area contributed by atoms with Gasteiger partial charge in [-0.2, -0.15) is 5.10 Å². The Bertz CT molecular complexity index is 672. The van der Waals surface area contributed by atoms with Crippen molar-refractivity contribution in [1.29, 1.82) is 0 Å². The van der Waals surface area contributed by atoms with Crippen LogP contribution in [0.1, 0.15) is 32.1 Å². The SMILES string of the molecule is CN1CC2(CCCN(C(=O)NCC3(Cn4cccn4)CC3)CC2)OC1=O. The summed E-state index contributed by atoms with van der Waals surface area (Å²) in [5, 5.41) is 7.39. The van der Waals surface area contributed by atoms with Crippen LogP contribution in [0.2, 0.25) is 0 Å². The fourth-order valence-electron chi connectivity index (χ4n) is 4.10. The van der Waals surface area contributed by atoms with Crippen LogP contribution < -0.4 is 5.32 Å². The van der Waals surface area contributed by atoms with Gasteiger partial charge in [0.2, 0.25) is 0 Å². The Morgan fingerprint density at radius 3 is 2.81 bits per heavy atom. The predicted molar refractivity (Wildman–Crippen MR) is 94.6 cm³/mol. The zero-order chi connectivity index (χ0) is 18.2. The third-order valence-corrected chi connectivity index (χ3v) is 5.95. The highest BCUT2D eigenvalue weighted by atomic mass is 16.6. The number of rotatable bonds is 4. The van der Waals surface area contributed by atoms with Crippen molar-refractivity contribution in [2.75, 3.05) is 33.2 Å². The summed E-state index contributed by atoms with van der Waals surface area (Å²) in [7, 11) is 1.77. The normalized spacial score (nSPS) is 27.3. The van der Waals surface area contributed by atoms with E-state index in [-0.39, 0.29) is 17.5 Å². The number of urea groups is 1. The number of amides is 3. The summed E-state index contributed by atoms with van der Waals surface area (Å²) < 4.78 is 7.56. The summed E-state index contributed by atoms with van der Waals surface area (Å²) in [6, 6.07) is 1.92. The van der Waals surface area contributed by atoms with Crippen molar-refractivity contribution in [3.63, 3.8) is 0 Å². The van der Waals surface area contributed by atoms with Crippen LogP contribution in [-0.4, -0.2) is 70.5 Å². The minimum atomic E-state index is -0.418. The molecule has 2 saturated heterocycles. The summed E-state index contributed by atoms with van der Waals surface area (Å²) in [5.41, 5.74) is -0.267. The highest BCUT2D eigenvalue weighted by molar-refractivity contribution is 5.74. The third-order valence-electron chi connectivity index (χ3n) is 5.95. The Labute approximate surface area is 153 Å². The van der Waals surface area contributed by atoms with E-state index in [1.54, 1.807) is 18.1 Å². The number of nitrogens with one attached hydrogen (secondary N) is 1. The molecule has 0 radical (unpaired) electrons. The molecule has 3 heterocycles. The summed E-state index contributed by atoms with van der Waals surface area (Å²) in [6.07, 6.45) is 8.12. The molecule has 3 amide bonds. The van der Waals surface area contributed by atoms with Gasteiger partial charge in [0.25, 0.3) is 0 Å². The molecule has 0 bridgehead atoms. The maximum Gasteiger partial charge on any atom is 0.410 e. The average molecular weight is 361 g/mol. The number of hydrogen-bond donors (Lipinski definition) is 1. The Balaban J connectivity index is 1.28. The van der Waals surface area contributed by atoms with Crippen LogP contribution in [-0.2, 0) is 11.3 Å². The van der Waals surface area contributed by atoms with Gasteiger partial charge in [-0.05, 0) is 31.7 Å². The fourth-order valence-corrected chi connectivity index (χ4v) is 4.10. The van der Waals surface area contributed by atoms with Crippen LogP contribution in [0.5, 0.6) is 0 Å². The van der Waals surface area contributed by atoms with E-state index in [1.165, 1.54) is 0 Å². The smallest absolute Gasteiger partial charge is 0.410 e. The molecule has 1 saturated carbocycles. The van der Waals surface area contributed by atoms with Crippen molar-refractivity contribution in [2.45, 2.75) is 44.2 Å². The number of carbonyl (C=O) groups is 2. The van der Waals surface area contributed by atoms with Crippen LogP contribution in [0.3, 0.4) is 0 Å². The molecule has 3 aliphatic rings. The third kappa shape index (κ3) is 3.50. The van der Waals surface area contributed by atoms with Crippen molar-refractivity contribution >= 4 is 12.1 Å². The van der Waals surface area contributed by atoms with Gasteiger partial charge in [-0.25, -0.2) is 9.59 Å². The lowest BCUT2D eigenvalue weighted by Crippen LogP contribution is -2.44. The molecule has 3 fully saturated rings. The number of nitrogens with zero attached hydrogens (tertiary/aromatic N) is 4. The van der Waals surface area contributed by atoms with Gasteiger partial charge in [0.15, 0.2) is 0 Å². The predicted octanol–water partition coefficient (Wildman–Crippen LogP) is 1.68.